The fourth-order valence-corrected chi connectivity index (χ4v) is 2.90. The van der Waals surface area contributed by atoms with Gasteiger partial charge in [-0.1, -0.05) is 13.0 Å². The second-order valence-corrected chi connectivity index (χ2v) is 5.23. The van der Waals surface area contributed by atoms with Crippen molar-refractivity contribution in [3.8, 4) is 0 Å². The molecule has 1 atom stereocenters. The van der Waals surface area contributed by atoms with Crippen LogP contribution in [-0.4, -0.2) is 16.1 Å². The lowest BCUT2D eigenvalue weighted by molar-refractivity contribution is 0.648. The number of nitrogens with one attached hydrogen (secondary N) is 1. The topological polar surface area (TPSA) is 29.9 Å². The largest absolute Gasteiger partial charge is 0.331 e. The Morgan fingerprint density at radius 3 is 3.06 bits per heavy atom. The fraction of sp³-hybridized carbons (Fsp3) is 0.533. The number of nitrogens with zero attached hydrogens (tertiary/aromatic N) is 2. The number of hydrogen-bond acceptors (Lipinski definition) is 2. The van der Waals surface area contributed by atoms with Crippen LogP contribution in [0.5, 0.6) is 0 Å². The Bertz CT molecular complexity index is 550. The molecule has 0 spiro atoms. The van der Waals surface area contributed by atoms with Crippen molar-refractivity contribution < 1.29 is 0 Å². The van der Waals surface area contributed by atoms with Gasteiger partial charge in [0.25, 0.3) is 0 Å². The molecule has 1 unspecified atom stereocenters. The van der Waals surface area contributed by atoms with Crippen LogP contribution in [0.4, 0.5) is 0 Å². The molecule has 0 amide bonds. The standard InChI is InChI=1S/C15H21N3/c1-3-5-15-17-13-10-11(12-6-4-9-16-12)7-8-14(13)18(15)2/h7-8,10,12,16H,3-6,9H2,1-2H3. The Balaban J connectivity index is 2.01. The highest BCUT2D eigenvalue weighted by Gasteiger charge is 2.17. The molecule has 2 heterocycles. The Labute approximate surface area is 108 Å². The van der Waals surface area contributed by atoms with E-state index < -0.39 is 0 Å². The summed E-state index contributed by atoms with van der Waals surface area (Å²) in [5, 5.41) is 3.55. The Hall–Kier alpha value is -1.35. The van der Waals surface area contributed by atoms with Gasteiger partial charge in [0.1, 0.15) is 5.82 Å². The highest BCUT2D eigenvalue weighted by atomic mass is 15.1. The van der Waals surface area contributed by atoms with Crippen LogP contribution < -0.4 is 5.32 Å². The summed E-state index contributed by atoms with van der Waals surface area (Å²) in [5.41, 5.74) is 3.79. The maximum Gasteiger partial charge on any atom is 0.109 e. The van der Waals surface area contributed by atoms with Crippen LogP contribution in [-0.2, 0) is 13.5 Å². The first-order valence-corrected chi connectivity index (χ1v) is 6.98. The lowest BCUT2D eigenvalue weighted by Gasteiger charge is -2.10. The zero-order valence-corrected chi connectivity index (χ0v) is 11.2. The smallest absolute Gasteiger partial charge is 0.109 e. The predicted molar refractivity (Wildman–Crippen MR) is 74.7 cm³/mol. The predicted octanol–water partition coefficient (Wildman–Crippen LogP) is 2.95. The van der Waals surface area contributed by atoms with Gasteiger partial charge in [0.2, 0.25) is 0 Å². The molecule has 18 heavy (non-hydrogen) atoms. The molecule has 0 bridgehead atoms. The molecule has 1 saturated heterocycles. The highest BCUT2D eigenvalue weighted by Crippen LogP contribution is 2.26. The van der Waals surface area contributed by atoms with E-state index >= 15 is 0 Å². The SMILES string of the molecule is CCCc1nc2cc(C3CCCN3)ccc2n1C. The lowest BCUT2D eigenvalue weighted by atomic mass is 10.0. The van der Waals surface area contributed by atoms with E-state index in [0.29, 0.717) is 6.04 Å². The minimum Gasteiger partial charge on any atom is -0.331 e. The molecule has 0 aliphatic carbocycles. The van der Waals surface area contributed by atoms with Crippen LogP contribution in [0.25, 0.3) is 11.0 Å². The average Bonchev–Trinajstić information content (AvgIpc) is 2.99. The molecule has 3 nitrogen and oxygen atoms in total. The fourth-order valence-electron chi connectivity index (χ4n) is 2.90. The molecular formula is C15H21N3. The van der Waals surface area contributed by atoms with E-state index in [1.165, 1.54) is 29.7 Å². The first kappa shape index (κ1) is 11.7. The van der Waals surface area contributed by atoms with Crippen molar-refractivity contribution in [3.63, 3.8) is 0 Å². The van der Waals surface area contributed by atoms with E-state index in [1.807, 2.05) is 0 Å². The Morgan fingerprint density at radius 1 is 1.44 bits per heavy atom. The zero-order valence-electron chi connectivity index (χ0n) is 11.2. The van der Waals surface area contributed by atoms with Crippen molar-refractivity contribution in [2.24, 2.45) is 7.05 Å². The number of rotatable bonds is 3. The minimum absolute atomic E-state index is 0.533. The maximum absolute atomic E-state index is 4.77. The summed E-state index contributed by atoms with van der Waals surface area (Å²) in [6.07, 6.45) is 4.74. The van der Waals surface area contributed by atoms with E-state index in [4.69, 9.17) is 4.98 Å². The van der Waals surface area contributed by atoms with Crippen LogP contribution in [0.15, 0.2) is 18.2 Å². The Morgan fingerprint density at radius 2 is 2.33 bits per heavy atom. The van der Waals surface area contributed by atoms with Crippen LogP contribution >= 0.6 is 0 Å². The molecule has 1 aliphatic rings. The van der Waals surface area contributed by atoms with Gasteiger partial charge in [-0.2, -0.15) is 0 Å². The van der Waals surface area contributed by atoms with Gasteiger partial charge in [-0.05, 0) is 43.5 Å². The van der Waals surface area contributed by atoms with Gasteiger partial charge in [0.15, 0.2) is 0 Å². The quantitative estimate of drug-likeness (QED) is 0.898. The second kappa shape index (κ2) is 4.73. The third-order valence-corrected chi connectivity index (χ3v) is 3.93. The molecule has 0 radical (unpaired) electrons. The van der Waals surface area contributed by atoms with E-state index in [2.05, 4.69) is 42.1 Å². The van der Waals surface area contributed by atoms with Gasteiger partial charge in [-0.3, -0.25) is 0 Å². The lowest BCUT2D eigenvalue weighted by Crippen LogP contribution is -2.12. The van der Waals surface area contributed by atoms with Crippen molar-refractivity contribution >= 4 is 11.0 Å². The van der Waals surface area contributed by atoms with Crippen molar-refractivity contribution in [1.82, 2.24) is 14.9 Å². The van der Waals surface area contributed by atoms with Gasteiger partial charge in [-0.15, -0.1) is 0 Å². The van der Waals surface area contributed by atoms with Crippen LogP contribution in [0, 0.1) is 0 Å². The monoisotopic (exact) mass is 243 g/mol. The van der Waals surface area contributed by atoms with Crippen molar-refractivity contribution in [2.75, 3.05) is 6.54 Å². The number of imidazole rings is 1. The molecule has 0 saturated carbocycles. The van der Waals surface area contributed by atoms with Gasteiger partial charge in [-0.25, -0.2) is 4.98 Å². The van der Waals surface area contributed by atoms with E-state index in [9.17, 15) is 0 Å². The summed E-state index contributed by atoms with van der Waals surface area (Å²) in [6, 6.07) is 7.27. The normalized spacial score (nSPS) is 19.8. The summed E-state index contributed by atoms with van der Waals surface area (Å²) in [7, 11) is 2.12. The molecule has 3 rings (SSSR count). The number of aromatic nitrogens is 2. The van der Waals surface area contributed by atoms with Gasteiger partial charge in [0, 0.05) is 19.5 Å². The summed E-state index contributed by atoms with van der Waals surface area (Å²) in [5.74, 6) is 1.20. The zero-order chi connectivity index (χ0) is 12.5. The van der Waals surface area contributed by atoms with Crippen LogP contribution in [0.3, 0.4) is 0 Å². The van der Waals surface area contributed by atoms with Crippen molar-refractivity contribution in [2.45, 2.75) is 38.6 Å². The van der Waals surface area contributed by atoms with Gasteiger partial charge in [0.05, 0.1) is 11.0 Å². The molecule has 1 fully saturated rings. The van der Waals surface area contributed by atoms with E-state index in [0.717, 1.165) is 24.9 Å². The summed E-state index contributed by atoms with van der Waals surface area (Å²) in [6.45, 7) is 3.35. The molecule has 96 valence electrons. The third-order valence-electron chi connectivity index (χ3n) is 3.93. The Kier molecular flexibility index (Phi) is 3.08. The molecule has 1 N–H and O–H groups in total. The number of aryl methyl sites for hydroxylation is 2. The molecule has 1 aliphatic heterocycles. The molecule has 2 aromatic rings. The molecule has 1 aromatic carbocycles. The minimum atomic E-state index is 0.533. The van der Waals surface area contributed by atoms with Crippen LogP contribution in [0.2, 0.25) is 0 Å². The maximum atomic E-state index is 4.77. The second-order valence-electron chi connectivity index (χ2n) is 5.23. The molecular weight excluding hydrogens is 222 g/mol. The summed E-state index contributed by atoms with van der Waals surface area (Å²) < 4.78 is 2.23. The number of fused-ring (bicyclic) bond motifs is 1. The first-order chi connectivity index (χ1) is 8.79. The van der Waals surface area contributed by atoms with Crippen molar-refractivity contribution in [1.29, 1.82) is 0 Å². The first-order valence-electron chi connectivity index (χ1n) is 6.98. The van der Waals surface area contributed by atoms with E-state index in [-0.39, 0.29) is 0 Å². The van der Waals surface area contributed by atoms with Crippen molar-refractivity contribution in [3.05, 3.63) is 29.6 Å². The third kappa shape index (κ3) is 1.93. The van der Waals surface area contributed by atoms with Gasteiger partial charge >= 0.3 is 0 Å². The summed E-state index contributed by atoms with van der Waals surface area (Å²) in [4.78, 5) is 4.77. The van der Waals surface area contributed by atoms with Crippen LogP contribution in [0.1, 0.15) is 43.6 Å². The van der Waals surface area contributed by atoms with E-state index in [1.54, 1.807) is 0 Å². The summed E-state index contributed by atoms with van der Waals surface area (Å²) >= 11 is 0. The van der Waals surface area contributed by atoms with Gasteiger partial charge < -0.3 is 9.88 Å². The number of benzene rings is 1. The highest BCUT2D eigenvalue weighted by molar-refractivity contribution is 5.77. The number of hydrogen-bond donors (Lipinski definition) is 1. The molecule has 1 aromatic heterocycles. The molecule has 3 heteroatoms. The average molecular weight is 243 g/mol.